The summed E-state index contributed by atoms with van der Waals surface area (Å²) in [5.74, 6) is 0. The molecule has 0 N–H and O–H groups in total. The number of hydrogen-bond donors (Lipinski definition) is 0. The standard InChI is InChI=1S/C64H41NOS/c1-63(2)52-22-10-5-18-44(52)45-30-27-39(36-57(45)63)65(40-28-31-47-46-19-8-13-25-58(46)66-59(47)37-40)38-29-33-55-51(35-38)42-16-4-3-15-41(42)43-17-6-11-23-53(43)64(55)54-24-12-7-21-50(54)61-56(64)34-32-49-48-20-9-14-26-60(48)67-62(49)61/h3-37H,1-2H3/t64-/m1/s1. The molecule has 0 bridgehead atoms. The van der Waals surface area contributed by atoms with Crippen molar-refractivity contribution < 1.29 is 4.42 Å². The number of fused-ring (bicyclic) bond motifs is 22. The Balaban J connectivity index is 1.03. The molecule has 1 spiro atoms. The second-order valence-electron chi connectivity index (χ2n) is 19.1. The molecule has 2 nitrogen and oxygen atoms in total. The summed E-state index contributed by atoms with van der Waals surface area (Å²) in [5.41, 5.74) is 22.5. The van der Waals surface area contributed by atoms with Gasteiger partial charge in [-0.2, -0.15) is 0 Å². The number of anilines is 3. The topological polar surface area (TPSA) is 16.4 Å². The van der Waals surface area contributed by atoms with Crippen LogP contribution in [0.5, 0.6) is 0 Å². The van der Waals surface area contributed by atoms with Gasteiger partial charge in [-0.3, -0.25) is 0 Å². The molecule has 2 aromatic heterocycles. The van der Waals surface area contributed by atoms with Crippen LogP contribution in [0.4, 0.5) is 17.1 Å². The van der Waals surface area contributed by atoms with Crippen molar-refractivity contribution in [3.8, 4) is 44.5 Å². The quantitative estimate of drug-likeness (QED) is 0.176. The number of benzene rings is 10. The summed E-state index contributed by atoms with van der Waals surface area (Å²) in [6.07, 6.45) is 0. The number of rotatable bonds is 3. The third-order valence-electron chi connectivity index (χ3n) is 15.5. The molecule has 2 heterocycles. The molecule has 0 saturated heterocycles. The fourth-order valence-electron chi connectivity index (χ4n) is 12.6. The van der Waals surface area contributed by atoms with Gasteiger partial charge in [0.1, 0.15) is 11.2 Å². The zero-order valence-corrected chi connectivity index (χ0v) is 37.8. The van der Waals surface area contributed by atoms with E-state index in [1.165, 1.54) is 98.1 Å². The third-order valence-corrected chi connectivity index (χ3v) is 16.7. The van der Waals surface area contributed by atoms with Crippen LogP contribution in [0, 0.1) is 0 Å². The lowest BCUT2D eigenvalue weighted by Crippen LogP contribution is -2.29. The van der Waals surface area contributed by atoms with Crippen LogP contribution in [0.1, 0.15) is 47.2 Å². The first-order valence-corrected chi connectivity index (χ1v) is 24.1. The van der Waals surface area contributed by atoms with E-state index >= 15 is 0 Å². The molecule has 67 heavy (non-hydrogen) atoms. The highest BCUT2D eigenvalue weighted by molar-refractivity contribution is 7.26. The zero-order chi connectivity index (χ0) is 44.2. The van der Waals surface area contributed by atoms with E-state index in [0.717, 1.165) is 39.0 Å². The predicted octanol–water partition coefficient (Wildman–Crippen LogP) is 17.7. The fraction of sp³-hybridized carbons (Fsp3) is 0.0625. The maximum atomic E-state index is 6.61. The molecule has 0 radical (unpaired) electrons. The normalized spacial score (nSPS) is 15.8. The molecule has 0 fully saturated rings. The van der Waals surface area contributed by atoms with E-state index in [1.54, 1.807) is 0 Å². The summed E-state index contributed by atoms with van der Waals surface area (Å²) < 4.78 is 9.29. The van der Waals surface area contributed by atoms with Crippen molar-refractivity contribution in [2.24, 2.45) is 0 Å². The van der Waals surface area contributed by atoms with Gasteiger partial charge in [0, 0.05) is 65.1 Å². The highest BCUT2D eigenvalue weighted by Crippen LogP contribution is 2.64. The van der Waals surface area contributed by atoms with E-state index in [1.807, 2.05) is 17.4 Å². The first kappa shape index (κ1) is 37.3. The Kier molecular flexibility index (Phi) is 7.41. The Morgan fingerprint density at radius 2 is 0.881 bits per heavy atom. The van der Waals surface area contributed by atoms with Gasteiger partial charge < -0.3 is 9.32 Å². The molecule has 0 amide bonds. The molecule has 15 rings (SSSR count). The Morgan fingerprint density at radius 3 is 1.70 bits per heavy atom. The van der Waals surface area contributed by atoms with Crippen LogP contribution in [-0.2, 0) is 10.8 Å². The van der Waals surface area contributed by atoms with Crippen molar-refractivity contribution in [2.75, 3.05) is 4.90 Å². The first-order chi connectivity index (χ1) is 33.0. The van der Waals surface area contributed by atoms with Gasteiger partial charge in [-0.05, 0) is 121 Å². The van der Waals surface area contributed by atoms with Gasteiger partial charge in [0.25, 0.3) is 0 Å². The SMILES string of the molecule is CC1(C)c2ccccc2-c2ccc(N(c3ccc4c(c3)-c3ccccc3-c3ccccc3[C@@]43c4ccccc4-c4c3ccc3c4sc4ccccc43)c3ccc4c(c3)oc3ccccc34)cc21. The van der Waals surface area contributed by atoms with Crippen LogP contribution in [0.3, 0.4) is 0 Å². The van der Waals surface area contributed by atoms with Gasteiger partial charge in [0.15, 0.2) is 0 Å². The summed E-state index contributed by atoms with van der Waals surface area (Å²) in [5, 5.41) is 4.89. The minimum Gasteiger partial charge on any atom is -0.456 e. The molecule has 3 aliphatic rings. The van der Waals surface area contributed by atoms with Crippen molar-refractivity contribution in [1.29, 1.82) is 0 Å². The molecule has 3 aliphatic carbocycles. The molecule has 1 atom stereocenters. The highest BCUT2D eigenvalue weighted by atomic mass is 32.1. The summed E-state index contributed by atoms with van der Waals surface area (Å²) in [7, 11) is 0. The van der Waals surface area contributed by atoms with Gasteiger partial charge in [-0.1, -0.05) is 172 Å². The Bertz CT molecular complexity index is 4110. The molecule has 10 aromatic carbocycles. The van der Waals surface area contributed by atoms with Crippen molar-refractivity contribution in [3.63, 3.8) is 0 Å². The number of thiophene rings is 1. The third kappa shape index (κ3) is 4.84. The summed E-state index contributed by atoms with van der Waals surface area (Å²) in [6.45, 7) is 4.74. The van der Waals surface area contributed by atoms with Gasteiger partial charge in [-0.15, -0.1) is 11.3 Å². The minimum atomic E-state index is -0.596. The van der Waals surface area contributed by atoms with Crippen LogP contribution >= 0.6 is 11.3 Å². The van der Waals surface area contributed by atoms with Gasteiger partial charge in [0.05, 0.1) is 5.41 Å². The zero-order valence-electron chi connectivity index (χ0n) is 37.0. The van der Waals surface area contributed by atoms with E-state index in [9.17, 15) is 0 Å². The van der Waals surface area contributed by atoms with Crippen molar-refractivity contribution in [2.45, 2.75) is 24.7 Å². The van der Waals surface area contributed by atoms with E-state index in [0.29, 0.717) is 0 Å². The molecular weight excluding hydrogens is 831 g/mol. The lowest BCUT2D eigenvalue weighted by atomic mass is 9.66. The molecule has 314 valence electrons. The lowest BCUT2D eigenvalue weighted by molar-refractivity contribution is 0.660. The van der Waals surface area contributed by atoms with Crippen LogP contribution < -0.4 is 4.90 Å². The molecule has 0 saturated carbocycles. The smallest absolute Gasteiger partial charge is 0.137 e. The Labute approximate surface area is 392 Å². The largest absolute Gasteiger partial charge is 0.456 e. The molecule has 0 aliphatic heterocycles. The van der Waals surface area contributed by atoms with Crippen molar-refractivity contribution >= 4 is 70.5 Å². The maximum Gasteiger partial charge on any atom is 0.137 e. The average Bonchev–Trinajstić information content (AvgIpc) is 4.07. The van der Waals surface area contributed by atoms with Crippen LogP contribution in [0.25, 0.3) is 86.6 Å². The number of furan rings is 1. The van der Waals surface area contributed by atoms with Crippen LogP contribution in [0.15, 0.2) is 217 Å². The molecule has 0 unspecified atom stereocenters. The van der Waals surface area contributed by atoms with E-state index in [4.69, 9.17) is 4.42 Å². The number of hydrogen-bond acceptors (Lipinski definition) is 3. The number of para-hydroxylation sites is 1. The lowest BCUT2D eigenvalue weighted by Gasteiger charge is -2.36. The fourth-order valence-corrected chi connectivity index (χ4v) is 13.9. The van der Waals surface area contributed by atoms with Gasteiger partial charge in [0.2, 0.25) is 0 Å². The van der Waals surface area contributed by atoms with Crippen LogP contribution in [0.2, 0.25) is 0 Å². The number of nitrogens with zero attached hydrogens (tertiary/aromatic N) is 1. The summed E-state index contributed by atoms with van der Waals surface area (Å²) in [6, 6.07) is 79.7. The maximum absolute atomic E-state index is 6.61. The van der Waals surface area contributed by atoms with Crippen LogP contribution in [-0.4, -0.2) is 0 Å². The Hall–Kier alpha value is -7.98. The van der Waals surface area contributed by atoms with Crippen molar-refractivity contribution in [3.05, 3.63) is 246 Å². The summed E-state index contributed by atoms with van der Waals surface area (Å²) in [4.78, 5) is 2.46. The Morgan fingerprint density at radius 1 is 0.358 bits per heavy atom. The van der Waals surface area contributed by atoms with Gasteiger partial charge in [-0.25, -0.2) is 0 Å². The first-order valence-electron chi connectivity index (χ1n) is 23.3. The van der Waals surface area contributed by atoms with Crippen molar-refractivity contribution in [1.82, 2.24) is 0 Å². The summed E-state index contributed by atoms with van der Waals surface area (Å²) >= 11 is 1.93. The van der Waals surface area contributed by atoms with E-state index in [-0.39, 0.29) is 5.41 Å². The van der Waals surface area contributed by atoms with E-state index < -0.39 is 5.41 Å². The predicted molar refractivity (Wildman–Crippen MR) is 281 cm³/mol. The monoisotopic (exact) mass is 871 g/mol. The highest BCUT2D eigenvalue weighted by Gasteiger charge is 2.50. The average molecular weight is 872 g/mol. The minimum absolute atomic E-state index is 0.162. The van der Waals surface area contributed by atoms with E-state index in [2.05, 4.69) is 225 Å². The second kappa shape index (κ2) is 13.3. The molecular formula is C64H41NOS. The molecule has 12 aromatic rings. The second-order valence-corrected chi connectivity index (χ2v) is 20.1. The molecule has 3 heteroatoms. The van der Waals surface area contributed by atoms with Gasteiger partial charge >= 0.3 is 0 Å².